The quantitative estimate of drug-likeness (QED) is 0.0151. The average Bonchev–Trinajstić information content (AvgIpc) is 3.94. The van der Waals surface area contributed by atoms with Gasteiger partial charge >= 0.3 is 33.4 Å². The Hall–Kier alpha value is -5.64. The summed E-state index contributed by atoms with van der Waals surface area (Å²) in [6.07, 6.45) is -6.99. The Bertz CT molecular complexity index is 2490. The summed E-state index contributed by atoms with van der Waals surface area (Å²) in [6, 6.07) is 6.44. The number of aliphatic hydroxyl groups excluding tert-OH is 1. The zero-order valence-corrected chi connectivity index (χ0v) is 35.0. The molecule has 2 aliphatic rings. The van der Waals surface area contributed by atoms with Crippen LogP contribution in [0.4, 0.5) is 22.1 Å². The van der Waals surface area contributed by atoms with Crippen molar-refractivity contribution < 1.29 is 71.0 Å². The number of rotatable bonds is 20. The molecule has 64 heavy (non-hydrogen) atoms. The summed E-state index contributed by atoms with van der Waals surface area (Å²) in [5.41, 5.74) is 26.6. The first-order chi connectivity index (χ1) is 30.4. The monoisotopic (exact) mass is 939 g/mol. The maximum atomic E-state index is 13.4. The van der Waals surface area contributed by atoms with Crippen LogP contribution in [0.5, 0.6) is 0 Å². The van der Waals surface area contributed by atoms with Gasteiger partial charge < -0.3 is 61.3 Å². The van der Waals surface area contributed by atoms with Gasteiger partial charge in [-0.15, -0.1) is 0 Å². The van der Waals surface area contributed by atoms with E-state index in [4.69, 9.17) is 50.7 Å². The fraction of sp³-hybridized carbons (Fsp3) is 0.485. The molecule has 31 heteroatoms. The van der Waals surface area contributed by atoms with E-state index in [0.29, 0.717) is 24.1 Å². The third kappa shape index (κ3) is 12.5. The number of nitrogen functional groups attached to an aromatic ring is 2. The minimum Gasteiger partial charge on any atom is -0.455 e. The molecule has 0 spiro atoms. The smallest absolute Gasteiger partial charge is 0.455 e. The number of nitrogens with one attached hydrogen (secondary N) is 1. The molecule has 0 saturated carbocycles. The highest BCUT2D eigenvalue weighted by molar-refractivity contribution is 7.47. The van der Waals surface area contributed by atoms with E-state index < -0.39 is 95.6 Å². The van der Waals surface area contributed by atoms with Crippen LogP contribution >= 0.6 is 15.6 Å². The Balaban J connectivity index is 1.07. The predicted molar refractivity (Wildman–Crippen MR) is 215 cm³/mol. The van der Waals surface area contributed by atoms with E-state index in [1.165, 1.54) is 23.2 Å². The lowest BCUT2D eigenvalue weighted by molar-refractivity contribution is -0.158. The third-order valence-electron chi connectivity index (χ3n) is 9.62. The second-order valence-electron chi connectivity index (χ2n) is 14.1. The first-order valence-corrected chi connectivity index (χ1v) is 22.1. The van der Waals surface area contributed by atoms with Gasteiger partial charge in [0.15, 0.2) is 23.8 Å². The minimum atomic E-state index is -5.20. The molecule has 0 radical (unpaired) electrons. The second kappa shape index (κ2) is 20.9. The van der Waals surface area contributed by atoms with Crippen molar-refractivity contribution in [1.82, 2.24) is 34.4 Å². The van der Waals surface area contributed by atoms with E-state index in [9.17, 15) is 43.3 Å². The number of phosphoric acid groups is 2. The number of azide groups is 1. The molecule has 1 aromatic carbocycles. The summed E-state index contributed by atoms with van der Waals surface area (Å²) in [6.45, 7) is -1.59. The third-order valence-corrected chi connectivity index (χ3v) is 11.1. The summed E-state index contributed by atoms with van der Waals surface area (Å²) < 4.78 is 64.8. The molecule has 0 bridgehead atoms. The number of imidazole rings is 1. The molecule has 4 aromatic rings. The van der Waals surface area contributed by atoms with E-state index in [1.54, 1.807) is 24.3 Å². The van der Waals surface area contributed by atoms with Crippen molar-refractivity contribution in [3.63, 3.8) is 0 Å². The number of carbonyl (C=O) groups is 2. The number of amides is 1. The second-order valence-corrected chi connectivity index (χ2v) is 16.7. The van der Waals surface area contributed by atoms with Gasteiger partial charge in [0.25, 0.3) is 0 Å². The Morgan fingerprint density at radius 2 is 1.78 bits per heavy atom. The molecule has 11 N–H and O–H groups in total. The molecular weight excluding hydrogens is 896 g/mol. The Kier molecular flexibility index (Phi) is 15.6. The van der Waals surface area contributed by atoms with Crippen LogP contribution in [-0.4, -0.2) is 117 Å². The molecule has 2 aliphatic heterocycles. The van der Waals surface area contributed by atoms with Crippen LogP contribution in [-0.2, 0) is 53.1 Å². The summed E-state index contributed by atoms with van der Waals surface area (Å²) in [5, 5.41) is 17.6. The number of hydrogen-bond donors (Lipinski definition) is 8. The van der Waals surface area contributed by atoms with E-state index >= 15 is 0 Å². The van der Waals surface area contributed by atoms with Gasteiger partial charge in [-0.3, -0.25) is 27.5 Å². The van der Waals surface area contributed by atoms with Crippen LogP contribution in [0, 0.1) is 0 Å². The highest BCUT2D eigenvalue weighted by atomic mass is 31.2. The van der Waals surface area contributed by atoms with Crippen LogP contribution in [0.2, 0.25) is 0 Å². The number of phosphoric ester groups is 2. The standard InChI is InChI=1S/C33H43N13O16P2/c34-19(3-1-2-9-38-33(50)56-12-17-4-6-18(7-5-17)43-44-37)31(48)61-27-22(60-30(26(27)47)46-16-41-25-28(36)39-15-40-29(25)46)14-58-64(54,55)62-20-11-24(45-10-8-23(35)42-32(45)49)59-21(20)13-57-63(51,52)53/h4-8,10,15-16,19-22,24,26-27,30,47H,1-3,9,11-14,34H2,(H,38,50)(H,54,55)(H2,35,42,49)(H2,36,39,40)(H2,51,52,53)/t19?,20-,21-,22+,24+,26+,27+,30+/m0/s1. The summed E-state index contributed by atoms with van der Waals surface area (Å²) in [7, 11) is -10.3. The highest BCUT2D eigenvalue weighted by Crippen LogP contribution is 2.50. The lowest BCUT2D eigenvalue weighted by Crippen LogP contribution is -2.43. The number of hydrogen-bond acceptors (Lipinski definition) is 21. The lowest BCUT2D eigenvalue weighted by atomic mass is 10.1. The number of aliphatic hydroxyl groups is 1. The van der Waals surface area contributed by atoms with Crippen molar-refractivity contribution in [2.75, 3.05) is 31.2 Å². The molecule has 5 heterocycles. The number of esters is 1. The number of carbonyl (C=O) groups excluding carboxylic acids is 2. The molecule has 6 rings (SSSR count). The number of aromatic nitrogens is 6. The molecule has 3 aromatic heterocycles. The number of nitrogens with two attached hydrogens (primary N) is 3. The number of ether oxygens (including phenoxy) is 4. The molecule has 2 saturated heterocycles. The normalized spacial score (nSPS) is 23.5. The van der Waals surface area contributed by atoms with Crippen LogP contribution in [0.1, 0.15) is 43.7 Å². The Morgan fingerprint density at radius 3 is 2.50 bits per heavy atom. The largest absolute Gasteiger partial charge is 0.472 e. The summed E-state index contributed by atoms with van der Waals surface area (Å²) in [5.74, 6) is -1.09. The Morgan fingerprint density at radius 1 is 1.03 bits per heavy atom. The zero-order valence-electron chi connectivity index (χ0n) is 33.2. The van der Waals surface area contributed by atoms with E-state index in [2.05, 4.69) is 39.8 Å². The van der Waals surface area contributed by atoms with Gasteiger partial charge in [-0.1, -0.05) is 29.4 Å². The molecule has 1 amide bonds. The number of fused-ring (bicyclic) bond motifs is 1. The summed E-state index contributed by atoms with van der Waals surface area (Å²) in [4.78, 5) is 85.8. The predicted octanol–water partition coefficient (Wildman–Crippen LogP) is 0.683. The minimum absolute atomic E-state index is 0.00547. The number of alkyl carbamates (subject to hydrolysis) is 1. The number of anilines is 2. The Labute approximate surface area is 360 Å². The van der Waals surface area contributed by atoms with Crippen molar-refractivity contribution in [3.05, 3.63) is 75.7 Å². The first-order valence-electron chi connectivity index (χ1n) is 19.0. The lowest BCUT2D eigenvalue weighted by Gasteiger charge is -2.24. The van der Waals surface area contributed by atoms with Gasteiger partial charge in [0.1, 0.15) is 61.0 Å². The van der Waals surface area contributed by atoms with Gasteiger partial charge in [-0.2, -0.15) is 4.98 Å². The molecule has 2 fully saturated rings. The molecule has 2 unspecified atom stereocenters. The van der Waals surface area contributed by atoms with Gasteiger partial charge in [0, 0.05) is 29.8 Å². The van der Waals surface area contributed by atoms with E-state index in [1.807, 2.05) is 0 Å². The van der Waals surface area contributed by atoms with E-state index in [-0.39, 0.29) is 48.8 Å². The fourth-order valence-corrected chi connectivity index (χ4v) is 7.83. The average molecular weight is 940 g/mol. The summed E-state index contributed by atoms with van der Waals surface area (Å²) >= 11 is 0. The molecular formula is C33H43N13O16P2. The van der Waals surface area contributed by atoms with Gasteiger partial charge in [-0.25, -0.2) is 33.7 Å². The number of unbranched alkanes of at least 4 members (excludes halogenated alkanes) is 1. The number of nitrogens with zero attached hydrogens (tertiary/aromatic N) is 9. The van der Waals surface area contributed by atoms with Crippen molar-refractivity contribution in [3.8, 4) is 0 Å². The fourth-order valence-electron chi connectivity index (χ4n) is 6.53. The molecule has 29 nitrogen and oxygen atoms in total. The van der Waals surface area contributed by atoms with Crippen LogP contribution in [0.15, 0.2) is 59.1 Å². The van der Waals surface area contributed by atoms with Crippen LogP contribution in [0.3, 0.4) is 0 Å². The van der Waals surface area contributed by atoms with Crippen molar-refractivity contribution >= 4 is 56.2 Å². The highest BCUT2D eigenvalue weighted by Gasteiger charge is 2.50. The van der Waals surface area contributed by atoms with Crippen LogP contribution in [0.25, 0.3) is 21.6 Å². The first kappa shape index (κ1) is 47.8. The van der Waals surface area contributed by atoms with Crippen molar-refractivity contribution in [1.29, 1.82) is 0 Å². The van der Waals surface area contributed by atoms with Crippen molar-refractivity contribution in [2.24, 2.45) is 10.8 Å². The zero-order chi connectivity index (χ0) is 46.2. The SMILES string of the molecule is [N-]=[N+]=Nc1ccc(COC(=O)NCCCCC(N)C(=O)O[C@H]2[C@@H](O)[C@H](n3cnc4c(N)ncnc43)O[C@@H]2COP(=O)(O)O[C@H]2C[C@H](n3ccc(N)nc3=O)O[C@H]2COP(=O)(O)O)cc1. The molecule has 0 aliphatic carbocycles. The van der Waals surface area contributed by atoms with E-state index in [0.717, 1.165) is 10.9 Å². The number of benzene rings is 1. The maximum Gasteiger partial charge on any atom is 0.472 e. The topological polar surface area (TPSA) is 431 Å². The maximum absolute atomic E-state index is 13.4. The van der Waals surface area contributed by atoms with Crippen LogP contribution < -0.4 is 28.2 Å². The molecule has 346 valence electrons. The van der Waals surface area contributed by atoms with Gasteiger partial charge in [-0.05, 0) is 36.4 Å². The van der Waals surface area contributed by atoms with Gasteiger partial charge in [0.05, 0.1) is 19.5 Å². The van der Waals surface area contributed by atoms with Gasteiger partial charge in [0.2, 0.25) is 0 Å². The van der Waals surface area contributed by atoms with Crippen molar-refractivity contribution in [2.45, 2.75) is 81.3 Å². The molecule has 9 atom stereocenters.